The van der Waals surface area contributed by atoms with Gasteiger partial charge in [0.15, 0.2) is 0 Å². The van der Waals surface area contributed by atoms with Gasteiger partial charge in [-0.25, -0.2) is 28.1 Å². The first-order chi connectivity index (χ1) is 49.4. The Balaban J connectivity index is 0.742. The Hall–Kier alpha value is -8.20. The molecule has 5 N–H and O–H groups in total. The largest absolute Gasteiger partial charge is 0.509 e. The number of halogens is 2. The summed E-state index contributed by atoms with van der Waals surface area (Å²) in [5.41, 5.74) is 4.26. The number of thioether (sulfide) groups is 1. The van der Waals surface area contributed by atoms with Crippen molar-refractivity contribution in [3.05, 3.63) is 122 Å². The summed E-state index contributed by atoms with van der Waals surface area (Å²) < 4.78 is 94.8. The second-order valence-corrected chi connectivity index (χ2v) is 25.5. The molecule has 0 fully saturated rings. The molecule has 0 saturated heterocycles. The lowest BCUT2D eigenvalue weighted by Gasteiger charge is -2.35. The Kier molecular flexibility index (Phi) is 31.6. The number of aromatic nitrogens is 2. The Morgan fingerprint density at radius 2 is 1.28 bits per heavy atom. The van der Waals surface area contributed by atoms with Crippen molar-refractivity contribution in [2.45, 2.75) is 110 Å². The fourth-order valence-electron chi connectivity index (χ4n) is 12.0. The molecule has 2 aromatic heterocycles. The minimum atomic E-state index is -2.69. The zero-order valence-electron chi connectivity index (χ0n) is 58.5. The molecule has 4 atom stereocenters. The van der Waals surface area contributed by atoms with Crippen molar-refractivity contribution in [1.29, 1.82) is 0 Å². The van der Waals surface area contributed by atoms with E-state index in [1.54, 1.807) is 33.9 Å². The van der Waals surface area contributed by atoms with Crippen LogP contribution >= 0.6 is 11.8 Å². The quantitative estimate of drug-likeness (QED) is 0.0114. The van der Waals surface area contributed by atoms with Crippen LogP contribution < -0.4 is 32.1 Å². The molecular weight excluding hydrogens is 1350 g/mol. The number of cyclic esters (lactones) is 1. The fourth-order valence-corrected chi connectivity index (χ4v) is 12.6. The summed E-state index contributed by atoms with van der Waals surface area (Å²) in [6.45, 7) is 13.8. The van der Waals surface area contributed by atoms with Crippen LogP contribution in [-0.2, 0) is 106 Å². The maximum absolute atomic E-state index is 14.2. The zero-order valence-corrected chi connectivity index (χ0v) is 59.3. The summed E-state index contributed by atoms with van der Waals surface area (Å²) in [4.78, 5) is 114. The third kappa shape index (κ3) is 21.7. The number of esters is 1. The number of carbonyl (C=O) groups excluding carboxylic acids is 7. The van der Waals surface area contributed by atoms with E-state index >= 15 is 0 Å². The number of aryl methyl sites for hydroxylation is 1. The van der Waals surface area contributed by atoms with E-state index in [-0.39, 0.29) is 106 Å². The van der Waals surface area contributed by atoms with Gasteiger partial charge in [-0.05, 0) is 78.1 Å². The van der Waals surface area contributed by atoms with Crippen LogP contribution in [0.5, 0.6) is 0 Å². The maximum atomic E-state index is 14.2. The van der Waals surface area contributed by atoms with E-state index in [9.17, 15) is 47.1 Å². The van der Waals surface area contributed by atoms with Gasteiger partial charge >= 0.3 is 18.2 Å². The van der Waals surface area contributed by atoms with Crippen LogP contribution in [0.1, 0.15) is 105 Å². The number of nitrogens with one attached hydrogen (secondary N) is 5. The molecule has 3 aromatic carbocycles. The number of alkyl carbamates (subject to hydrolysis) is 1. The lowest BCUT2D eigenvalue weighted by molar-refractivity contribution is -0.175. The van der Waals surface area contributed by atoms with Gasteiger partial charge in [0.2, 0.25) is 29.2 Å². The molecule has 0 spiro atoms. The molecule has 556 valence electrons. The van der Waals surface area contributed by atoms with Gasteiger partial charge < -0.3 is 88.0 Å². The molecule has 3 aliphatic rings. The third-order valence-corrected chi connectivity index (χ3v) is 18.1. The molecule has 0 saturated carbocycles. The summed E-state index contributed by atoms with van der Waals surface area (Å²) in [5, 5.41) is 14.0. The molecule has 102 heavy (non-hydrogen) atoms. The number of alkyl halides is 2. The molecule has 5 amide bonds. The van der Waals surface area contributed by atoms with Gasteiger partial charge in [0.05, 0.1) is 134 Å². The van der Waals surface area contributed by atoms with Gasteiger partial charge in [0.25, 0.3) is 12.0 Å². The second-order valence-electron chi connectivity index (χ2n) is 24.4. The van der Waals surface area contributed by atoms with Crippen LogP contribution in [0.15, 0.2) is 77.6 Å². The van der Waals surface area contributed by atoms with Crippen molar-refractivity contribution >= 4 is 64.5 Å². The van der Waals surface area contributed by atoms with E-state index in [2.05, 4.69) is 26.6 Å². The first-order valence-electron chi connectivity index (χ1n) is 34.3. The number of carbonyl (C=O) groups is 7. The molecule has 8 rings (SSSR count). The van der Waals surface area contributed by atoms with E-state index in [4.69, 9.17) is 61.8 Å². The minimum absolute atomic E-state index is 0.0215. The van der Waals surface area contributed by atoms with Gasteiger partial charge in [-0.15, -0.1) is 11.8 Å². The maximum Gasteiger partial charge on any atom is 0.509 e. The molecule has 30 heteroatoms. The average Bonchev–Trinajstić information content (AvgIpc) is 1.47. The predicted octanol–water partition coefficient (Wildman–Crippen LogP) is 6.76. The predicted molar refractivity (Wildman–Crippen MR) is 371 cm³/mol. The molecule has 0 unspecified atom stereocenters. The highest BCUT2D eigenvalue weighted by Gasteiger charge is 2.51. The molecule has 5 aromatic rings. The van der Waals surface area contributed by atoms with Crippen molar-refractivity contribution in [2.75, 3.05) is 138 Å². The standard InChI is InChI=1S/C72H93F2N7O20S/c1-7-48-53-39-47(64(73)74)17-18-58(53)78-63-54(48)41-81-60(63)40-57-56(68(81)86)43-99-69(87)72(57,8-2)101-71(89)98-37-38-102-44-76-65(83)46(5)77-67(85)62(45(3)4)80-61(82)20-19-59(79-70(88)100-42-55-51-15-11-9-13-49(51)50-14-10-12-16-52(50)55)66(84)75-21-22-91-25-26-93-29-30-95-33-34-97-36-35-96-32-31-94-28-27-92-24-23-90-6/h9-18,39-40,45-46,55,59,62,64H,7-8,19-38,41-44H2,1-6H3,(H,75,84)(H,76,83)(H,77,85)(H,79,88)(H,80,82)/t46-,59-,62-,72-/m0/s1. The van der Waals surface area contributed by atoms with Crippen molar-refractivity contribution in [3.63, 3.8) is 0 Å². The van der Waals surface area contributed by atoms with Gasteiger partial charge in [-0.3, -0.25) is 24.0 Å². The Morgan fingerprint density at radius 1 is 0.686 bits per heavy atom. The van der Waals surface area contributed by atoms with Crippen molar-refractivity contribution in [1.82, 2.24) is 36.1 Å². The Bertz CT molecular complexity index is 3670. The van der Waals surface area contributed by atoms with Crippen LogP contribution in [-0.4, -0.2) is 207 Å². The number of hydrogen-bond acceptors (Lipinski definition) is 22. The van der Waals surface area contributed by atoms with E-state index < -0.39 is 83.5 Å². The summed E-state index contributed by atoms with van der Waals surface area (Å²) in [6.07, 6.45) is -4.94. The number of hydrogen-bond donors (Lipinski definition) is 5. The number of nitrogens with zero attached hydrogens (tertiary/aromatic N) is 2. The van der Waals surface area contributed by atoms with Gasteiger partial charge in [0.1, 0.15) is 37.9 Å². The molecule has 27 nitrogen and oxygen atoms in total. The third-order valence-electron chi connectivity index (χ3n) is 17.3. The van der Waals surface area contributed by atoms with Crippen LogP contribution in [0, 0.1) is 5.92 Å². The number of amides is 5. The monoisotopic (exact) mass is 1450 g/mol. The molecule has 4 heterocycles. The van der Waals surface area contributed by atoms with E-state index in [1.807, 2.05) is 55.5 Å². The molecule has 2 aliphatic heterocycles. The topological polar surface area (TPSA) is 325 Å². The fraction of sp³-hybridized carbons (Fsp3) is 0.542. The molecule has 1 aliphatic carbocycles. The van der Waals surface area contributed by atoms with Crippen LogP contribution in [0.3, 0.4) is 0 Å². The first-order valence-corrected chi connectivity index (χ1v) is 35.5. The van der Waals surface area contributed by atoms with Crippen molar-refractivity contribution < 1.29 is 99.2 Å². The SMILES string of the molecule is CCc1c2c(nc3ccc(C(F)F)cc13)-c1cc3c(c(=O)n1C2)COC(=O)[C@@]3(CC)OC(=O)OCCSCNC(=O)[C@H](C)NC(=O)[C@@H](NC(=O)CC[C@H](NC(=O)OCC1c2ccccc2-c2ccccc21)C(=O)NCCOCCOCCOCCOCCOCCOCCOCCOC)C(C)C. The minimum Gasteiger partial charge on any atom is -0.457 e. The second kappa shape index (κ2) is 40.6. The summed E-state index contributed by atoms with van der Waals surface area (Å²) in [6, 6.07) is 18.1. The summed E-state index contributed by atoms with van der Waals surface area (Å²) in [5.74, 6) is -3.89. The summed E-state index contributed by atoms with van der Waals surface area (Å²) >= 11 is 1.17. The number of ether oxygens (including phenoxy) is 12. The highest BCUT2D eigenvalue weighted by atomic mass is 32.2. The van der Waals surface area contributed by atoms with Crippen LogP contribution in [0.25, 0.3) is 33.4 Å². The number of fused-ring (bicyclic) bond motifs is 8. The molecule has 0 bridgehead atoms. The van der Waals surface area contributed by atoms with E-state index in [1.165, 1.54) is 41.5 Å². The Labute approximate surface area is 595 Å². The normalized spacial score (nSPS) is 15.1. The van der Waals surface area contributed by atoms with Gasteiger partial charge in [0, 0.05) is 53.8 Å². The first kappa shape index (κ1) is 79.5. The van der Waals surface area contributed by atoms with Crippen LogP contribution in [0.4, 0.5) is 18.4 Å². The molecular formula is C72H93F2N7O20S. The van der Waals surface area contributed by atoms with E-state index in [0.29, 0.717) is 114 Å². The highest BCUT2D eigenvalue weighted by Crippen LogP contribution is 2.45. The lowest BCUT2D eigenvalue weighted by atomic mass is 9.85. The lowest BCUT2D eigenvalue weighted by Crippen LogP contribution is -2.54. The van der Waals surface area contributed by atoms with Gasteiger partial charge in [-0.1, -0.05) is 82.3 Å². The zero-order chi connectivity index (χ0) is 73.0. The number of rotatable bonds is 45. The number of benzene rings is 3. The van der Waals surface area contributed by atoms with Gasteiger partial charge in [-0.2, -0.15) is 0 Å². The van der Waals surface area contributed by atoms with Crippen LogP contribution in [0.2, 0.25) is 0 Å². The average molecular weight is 1450 g/mol. The smallest absolute Gasteiger partial charge is 0.457 e. The molecule has 0 radical (unpaired) electrons. The Morgan fingerprint density at radius 3 is 1.86 bits per heavy atom. The van der Waals surface area contributed by atoms with E-state index in [0.717, 1.165) is 27.8 Å². The summed E-state index contributed by atoms with van der Waals surface area (Å²) in [7, 11) is 1.62. The highest BCUT2D eigenvalue weighted by molar-refractivity contribution is 7.99. The van der Waals surface area contributed by atoms with Crippen molar-refractivity contribution in [3.8, 4) is 22.5 Å². The number of pyridine rings is 2. The van der Waals surface area contributed by atoms with Crippen molar-refractivity contribution in [2.24, 2.45) is 5.92 Å². The number of methoxy groups -OCH3 is 1.